The monoisotopic (exact) mass is 1150 g/mol. The zero-order chi connectivity index (χ0) is 58.9. The third-order valence-electron chi connectivity index (χ3n) is 21.3. The summed E-state index contributed by atoms with van der Waals surface area (Å²) < 4.78 is 54.5. The molecule has 456 valence electrons. The molecular weight excluding hydrogens is 1060 g/mol. The predicted octanol–water partition coefficient (Wildman–Crippen LogP) is -1.76. The van der Waals surface area contributed by atoms with E-state index < -0.39 is 205 Å². The number of aliphatic hydroxyl groups excluding tert-OH is 12. The molecule has 30 unspecified atom stereocenters. The number of ether oxygens (including phenoxy) is 9. The van der Waals surface area contributed by atoms with Gasteiger partial charge >= 0.3 is 17.9 Å². The Balaban J connectivity index is 1.06. The number of carboxylic acids is 1. The third kappa shape index (κ3) is 9.79. The van der Waals surface area contributed by atoms with Gasteiger partial charge in [-0.05, 0) is 112 Å². The van der Waals surface area contributed by atoms with Crippen LogP contribution in [0.5, 0.6) is 0 Å². The first kappa shape index (κ1) is 61.9. The number of esters is 2. The number of rotatable bonds is 11. The summed E-state index contributed by atoms with van der Waals surface area (Å²) in [5.41, 5.74) is -5.40. The average molecular weight is 1150 g/mol. The van der Waals surface area contributed by atoms with Gasteiger partial charge in [0.05, 0.1) is 43.0 Å². The molecule has 0 radical (unpaired) electrons. The first-order valence-electron chi connectivity index (χ1n) is 28.2. The highest BCUT2D eigenvalue weighted by Crippen LogP contribution is 2.76. The van der Waals surface area contributed by atoms with Crippen LogP contribution in [-0.4, -0.2) is 233 Å². The fourth-order valence-corrected chi connectivity index (χ4v) is 16.6. The fourth-order valence-electron chi connectivity index (χ4n) is 16.6. The summed E-state index contributed by atoms with van der Waals surface area (Å²) in [4.78, 5) is 42.3. The number of carboxylic acid groups (broad SMARTS) is 1. The van der Waals surface area contributed by atoms with E-state index in [1.165, 1.54) is 20.8 Å². The van der Waals surface area contributed by atoms with Gasteiger partial charge in [0.25, 0.3) is 0 Å². The van der Waals surface area contributed by atoms with Crippen LogP contribution in [0, 0.1) is 50.2 Å². The molecule has 13 N–H and O–H groups in total. The minimum atomic E-state index is -1.93. The highest BCUT2D eigenvalue weighted by atomic mass is 16.8. The summed E-state index contributed by atoms with van der Waals surface area (Å²) in [5, 5.41) is 143. The quantitative estimate of drug-likeness (QED) is 0.0619. The molecule has 0 bridgehead atoms. The number of aliphatic hydroxyl groups is 12. The third-order valence-corrected chi connectivity index (χ3v) is 21.3. The number of hydrogen-bond acceptors (Lipinski definition) is 24. The highest BCUT2D eigenvalue weighted by molar-refractivity contribution is 5.80. The zero-order valence-electron chi connectivity index (χ0n) is 46.8. The van der Waals surface area contributed by atoms with Gasteiger partial charge in [-0.15, -0.1) is 0 Å². The Kier molecular flexibility index (Phi) is 17.1. The van der Waals surface area contributed by atoms with Crippen LogP contribution in [0.15, 0.2) is 11.6 Å². The molecule has 0 amide bonds. The number of fused-ring (bicyclic) bond motifs is 7. The minimum absolute atomic E-state index is 0.0353. The molecule has 4 aliphatic heterocycles. The topological polar surface area (TPSA) is 397 Å². The molecule has 5 aliphatic carbocycles. The van der Waals surface area contributed by atoms with E-state index in [1.54, 1.807) is 0 Å². The van der Waals surface area contributed by atoms with E-state index in [0.29, 0.717) is 32.1 Å². The van der Waals surface area contributed by atoms with Crippen molar-refractivity contribution in [3.05, 3.63) is 11.6 Å². The summed E-state index contributed by atoms with van der Waals surface area (Å²) >= 11 is 0. The Hall–Kier alpha value is -2.61. The van der Waals surface area contributed by atoms with Crippen molar-refractivity contribution >= 4 is 17.9 Å². The van der Waals surface area contributed by atoms with Crippen LogP contribution in [0.1, 0.15) is 114 Å². The summed E-state index contributed by atoms with van der Waals surface area (Å²) in [7, 11) is 0. The lowest BCUT2D eigenvalue weighted by Crippen LogP contribution is -2.71. The molecule has 4 heterocycles. The number of allylic oxidation sites excluding steroid dienone is 2. The fraction of sp³-hybridized carbons (Fsp3) is 0.909. The highest BCUT2D eigenvalue weighted by Gasteiger charge is 2.74. The van der Waals surface area contributed by atoms with E-state index in [1.807, 2.05) is 6.92 Å². The smallest absolute Gasteiger partial charge is 0.317 e. The van der Waals surface area contributed by atoms with Gasteiger partial charge in [-0.1, -0.05) is 46.3 Å². The van der Waals surface area contributed by atoms with Crippen LogP contribution < -0.4 is 0 Å². The minimum Gasteiger partial charge on any atom is -0.481 e. The van der Waals surface area contributed by atoms with Gasteiger partial charge in [0.2, 0.25) is 6.29 Å². The molecule has 4 saturated carbocycles. The van der Waals surface area contributed by atoms with Crippen LogP contribution in [0.3, 0.4) is 0 Å². The molecular formula is C55H86O25. The number of carbonyl (C=O) groups is 3. The van der Waals surface area contributed by atoms with Crippen LogP contribution in [-0.2, 0) is 57.0 Å². The van der Waals surface area contributed by atoms with E-state index in [4.69, 9.17) is 42.6 Å². The van der Waals surface area contributed by atoms with Gasteiger partial charge in [0.15, 0.2) is 31.1 Å². The lowest BCUT2D eigenvalue weighted by atomic mass is 9.33. The Morgan fingerprint density at radius 1 is 0.625 bits per heavy atom. The molecule has 30 atom stereocenters. The molecule has 9 aliphatic rings. The maximum Gasteiger partial charge on any atom is 0.317 e. The van der Waals surface area contributed by atoms with Gasteiger partial charge in [-0.2, -0.15) is 0 Å². The second-order valence-electron chi connectivity index (χ2n) is 26.4. The Morgan fingerprint density at radius 3 is 1.88 bits per heavy atom. The molecule has 0 aromatic rings. The van der Waals surface area contributed by atoms with Crippen LogP contribution >= 0.6 is 0 Å². The van der Waals surface area contributed by atoms with Crippen LogP contribution in [0.4, 0.5) is 0 Å². The predicted molar refractivity (Wildman–Crippen MR) is 268 cm³/mol. The second kappa shape index (κ2) is 22.0. The standard InChI is InChI=1S/C55H86O25/c1-21-32(61)35(64)38(67)45(73-21)78-42-41(77-44-37(66)33(62)27(59)20-72-44)40(75-23(3)57)22(2)74-47(42)80-49(71)55-15-14-50(4,5)16-25(55)24-10-11-29-51(6)17-26(58)43(79-46-39(68)36(65)34(63)28(19-56)76-46)54(9,48(69)70)30(51)12-13-52(29,7)53(24,8)18-31(55)60/h10,21-22,25-47,56,58-68H,11-20H2,1-9H3,(H,69,70). The van der Waals surface area contributed by atoms with Crippen molar-refractivity contribution in [3.8, 4) is 0 Å². The Bertz CT molecular complexity index is 2320. The second-order valence-corrected chi connectivity index (χ2v) is 26.4. The van der Waals surface area contributed by atoms with Gasteiger partial charge < -0.3 is 109 Å². The van der Waals surface area contributed by atoms with Gasteiger partial charge in [0.1, 0.15) is 78.7 Å². The summed E-state index contributed by atoms with van der Waals surface area (Å²) in [6.07, 6.45) is -31.5. The lowest BCUT2D eigenvalue weighted by Gasteiger charge is -2.71. The van der Waals surface area contributed by atoms with Crippen molar-refractivity contribution in [2.45, 2.75) is 249 Å². The van der Waals surface area contributed by atoms with Gasteiger partial charge in [-0.25, -0.2) is 0 Å². The molecule has 0 spiro atoms. The Morgan fingerprint density at radius 2 is 1.24 bits per heavy atom. The first-order valence-corrected chi connectivity index (χ1v) is 28.2. The summed E-state index contributed by atoms with van der Waals surface area (Å²) in [6.45, 7) is 14.6. The molecule has 9 rings (SSSR count). The van der Waals surface area contributed by atoms with Crippen molar-refractivity contribution in [3.63, 3.8) is 0 Å². The maximum atomic E-state index is 15.8. The lowest BCUT2D eigenvalue weighted by molar-refractivity contribution is -0.380. The van der Waals surface area contributed by atoms with Crippen LogP contribution in [0.2, 0.25) is 0 Å². The largest absolute Gasteiger partial charge is 0.481 e. The number of carbonyl (C=O) groups excluding carboxylic acids is 2. The molecule has 4 saturated heterocycles. The van der Waals surface area contributed by atoms with E-state index in [2.05, 4.69) is 33.8 Å². The van der Waals surface area contributed by atoms with Crippen molar-refractivity contribution in [2.75, 3.05) is 13.2 Å². The van der Waals surface area contributed by atoms with Crippen molar-refractivity contribution in [1.29, 1.82) is 0 Å². The zero-order valence-corrected chi connectivity index (χ0v) is 46.8. The van der Waals surface area contributed by atoms with Crippen molar-refractivity contribution < 1.29 is 123 Å². The van der Waals surface area contributed by atoms with Gasteiger partial charge in [0, 0.05) is 6.92 Å². The molecule has 8 fully saturated rings. The summed E-state index contributed by atoms with van der Waals surface area (Å²) in [6, 6.07) is 0. The number of aliphatic carboxylic acids is 1. The molecule has 0 aromatic heterocycles. The van der Waals surface area contributed by atoms with Gasteiger partial charge in [-0.3, -0.25) is 14.4 Å². The molecule has 25 nitrogen and oxygen atoms in total. The van der Waals surface area contributed by atoms with Crippen LogP contribution in [0.25, 0.3) is 0 Å². The first-order chi connectivity index (χ1) is 37.2. The SMILES string of the molecule is CC(=O)OC1C(C)OC(OC(=O)C23CCC(C)(C)CC2C2=CCC4C5(C)CC(O)C(OC6OC(CO)C(O)C(O)C6O)C(C)(C(=O)O)C5CCC4(C)C2(C)CC3O)C(OC2OC(C)C(O)C(O)C2O)C1OC1OCC(O)C(O)C1O. The van der Waals surface area contributed by atoms with E-state index in [0.717, 1.165) is 12.5 Å². The number of hydrogen-bond donors (Lipinski definition) is 13. The van der Waals surface area contributed by atoms with Crippen molar-refractivity contribution in [2.24, 2.45) is 50.2 Å². The average Bonchev–Trinajstić information content (AvgIpc) is 1.89. The maximum absolute atomic E-state index is 15.8. The van der Waals surface area contributed by atoms with E-state index in [9.17, 15) is 76.0 Å². The van der Waals surface area contributed by atoms with Crippen molar-refractivity contribution in [1.82, 2.24) is 0 Å². The van der Waals surface area contributed by atoms with E-state index in [-0.39, 0.29) is 30.6 Å². The molecule has 25 heteroatoms. The normalized spacial score (nSPS) is 53.9. The molecule has 80 heavy (non-hydrogen) atoms. The Labute approximate surface area is 464 Å². The molecule has 0 aromatic carbocycles. The summed E-state index contributed by atoms with van der Waals surface area (Å²) in [5.74, 6) is -4.64. The van der Waals surface area contributed by atoms with E-state index >= 15 is 4.79 Å².